The van der Waals surface area contributed by atoms with Crippen molar-refractivity contribution in [3.63, 3.8) is 0 Å². The maximum atomic E-state index is 13.6. The molecule has 0 aliphatic carbocycles. The van der Waals surface area contributed by atoms with Gasteiger partial charge in [-0.15, -0.1) is 0 Å². The Kier molecular flexibility index (Phi) is 9.78. The van der Waals surface area contributed by atoms with Gasteiger partial charge in [-0.3, -0.25) is 9.69 Å². The molecule has 0 unspecified atom stereocenters. The number of nitrogens with zero attached hydrogens (tertiary/aromatic N) is 3. The van der Waals surface area contributed by atoms with Crippen molar-refractivity contribution < 1.29 is 27.1 Å². The number of carbonyl (C=O) groups excluding carboxylic acids is 1. The summed E-state index contributed by atoms with van der Waals surface area (Å²) in [7, 11) is 3.64. The average Bonchev–Trinajstić information content (AvgIpc) is 3.01. The van der Waals surface area contributed by atoms with Crippen molar-refractivity contribution in [2.45, 2.75) is 33.1 Å². The fourth-order valence-electron chi connectivity index (χ4n) is 4.34. The molecule has 0 aromatic heterocycles. The van der Waals surface area contributed by atoms with Crippen LogP contribution in [0.1, 0.15) is 30.5 Å². The molecule has 6 nitrogen and oxygen atoms in total. The number of amides is 1. The number of rotatable bonds is 10. The highest BCUT2D eigenvalue weighted by atomic mass is 19.4. The summed E-state index contributed by atoms with van der Waals surface area (Å²) >= 11 is 0. The van der Waals surface area contributed by atoms with E-state index in [0.717, 1.165) is 37.3 Å². The largest absolute Gasteiger partial charge is 0.490 e. The van der Waals surface area contributed by atoms with Crippen LogP contribution in [0.3, 0.4) is 0 Å². The van der Waals surface area contributed by atoms with E-state index in [2.05, 4.69) is 24.1 Å². The summed E-state index contributed by atoms with van der Waals surface area (Å²) in [5, 5.41) is 3.13. The number of anilines is 1. The first-order valence-corrected chi connectivity index (χ1v) is 12.4. The number of likely N-dealkylation sites (N-methyl/N-ethyl adjacent to an activating group) is 1. The first kappa shape index (κ1) is 28.7. The van der Waals surface area contributed by atoms with Crippen LogP contribution in [-0.4, -0.2) is 74.0 Å². The quantitative estimate of drug-likeness (QED) is 0.457. The predicted molar refractivity (Wildman–Crippen MR) is 136 cm³/mol. The molecule has 2 aromatic carbocycles. The summed E-state index contributed by atoms with van der Waals surface area (Å²) in [4.78, 5) is 18.7. The number of hydrogen-bond acceptors (Lipinski definition) is 5. The molecule has 0 fully saturated rings. The van der Waals surface area contributed by atoms with Crippen molar-refractivity contribution in [2.75, 3.05) is 58.7 Å². The number of nitrogens with one attached hydrogen (secondary N) is 1. The molecule has 1 N–H and O–H groups in total. The zero-order chi connectivity index (χ0) is 27.2. The molecule has 10 heteroatoms. The Labute approximate surface area is 216 Å². The molecule has 0 spiro atoms. The number of ether oxygens (including phenoxy) is 1. The van der Waals surface area contributed by atoms with Gasteiger partial charge in [-0.05, 0) is 43.8 Å². The molecular formula is C27H36F4N4O2. The molecule has 0 radical (unpaired) electrons. The number of hydrogen-bond donors (Lipinski definition) is 1. The fraction of sp³-hybridized carbons (Fsp3) is 0.519. The molecule has 37 heavy (non-hydrogen) atoms. The van der Waals surface area contributed by atoms with Gasteiger partial charge in [0.25, 0.3) is 0 Å². The van der Waals surface area contributed by atoms with Crippen molar-refractivity contribution in [3.05, 3.63) is 58.9 Å². The number of halogens is 4. The number of fused-ring (bicyclic) bond motifs is 1. The van der Waals surface area contributed by atoms with Gasteiger partial charge in [0.15, 0.2) is 0 Å². The summed E-state index contributed by atoms with van der Waals surface area (Å²) in [5.41, 5.74) is 0.461. The molecule has 204 valence electrons. The Morgan fingerprint density at radius 3 is 2.59 bits per heavy atom. The van der Waals surface area contributed by atoms with E-state index in [1.807, 2.05) is 37.2 Å². The monoisotopic (exact) mass is 524 g/mol. The van der Waals surface area contributed by atoms with Crippen molar-refractivity contribution >= 4 is 11.6 Å². The number of carbonyl (C=O) groups is 1. The Hall–Kier alpha value is -2.85. The van der Waals surface area contributed by atoms with E-state index < -0.39 is 17.6 Å². The Bertz CT molecular complexity index is 1060. The van der Waals surface area contributed by atoms with Crippen LogP contribution in [0, 0.1) is 11.7 Å². The minimum atomic E-state index is -4.73. The minimum Gasteiger partial charge on any atom is -0.490 e. The van der Waals surface area contributed by atoms with Gasteiger partial charge in [-0.1, -0.05) is 32.0 Å². The molecule has 3 rings (SSSR count). The Morgan fingerprint density at radius 2 is 1.92 bits per heavy atom. The molecule has 1 amide bonds. The van der Waals surface area contributed by atoms with E-state index in [4.69, 9.17) is 4.74 Å². The normalized spacial score (nSPS) is 14.3. The standard InChI is InChI=1S/C27H36F4N4O2/c1-19(2)16-34-12-13-37-26-21(17-34)6-5-7-24(26)32-15-25(36)35(11-10-33(3)4)18-20-8-9-22(28)14-23(20)27(29,30)31/h5-9,14,19,32H,10-13,15-18H2,1-4H3. The van der Waals surface area contributed by atoms with Crippen LogP contribution in [0.2, 0.25) is 0 Å². The van der Waals surface area contributed by atoms with Gasteiger partial charge < -0.3 is 19.9 Å². The average molecular weight is 525 g/mol. The fourth-order valence-corrected chi connectivity index (χ4v) is 4.34. The molecule has 2 aromatic rings. The highest BCUT2D eigenvalue weighted by molar-refractivity contribution is 5.81. The zero-order valence-electron chi connectivity index (χ0n) is 21.9. The van der Waals surface area contributed by atoms with Crippen LogP contribution in [0.4, 0.5) is 23.2 Å². The van der Waals surface area contributed by atoms with Gasteiger partial charge in [-0.25, -0.2) is 4.39 Å². The van der Waals surface area contributed by atoms with Gasteiger partial charge >= 0.3 is 6.18 Å². The van der Waals surface area contributed by atoms with Crippen molar-refractivity contribution in [3.8, 4) is 5.75 Å². The lowest BCUT2D eigenvalue weighted by Crippen LogP contribution is -2.39. The van der Waals surface area contributed by atoms with E-state index in [0.29, 0.717) is 36.6 Å². The topological polar surface area (TPSA) is 48.1 Å². The van der Waals surface area contributed by atoms with Crippen LogP contribution < -0.4 is 10.1 Å². The third kappa shape index (κ3) is 8.33. The minimum absolute atomic E-state index is 0.120. The number of benzene rings is 2. The van der Waals surface area contributed by atoms with Gasteiger partial charge in [0.2, 0.25) is 5.91 Å². The maximum absolute atomic E-state index is 13.6. The first-order valence-electron chi connectivity index (χ1n) is 12.4. The van der Waals surface area contributed by atoms with Gasteiger partial charge in [0.05, 0.1) is 17.8 Å². The highest BCUT2D eigenvalue weighted by Gasteiger charge is 2.34. The van der Waals surface area contributed by atoms with Crippen LogP contribution in [0.25, 0.3) is 0 Å². The second kappa shape index (κ2) is 12.6. The highest BCUT2D eigenvalue weighted by Crippen LogP contribution is 2.34. The molecule has 0 atom stereocenters. The van der Waals surface area contributed by atoms with Crippen LogP contribution in [0.5, 0.6) is 5.75 Å². The molecule has 1 aliphatic rings. The summed E-state index contributed by atoms with van der Waals surface area (Å²) in [5.74, 6) is -0.125. The van der Waals surface area contributed by atoms with E-state index in [9.17, 15) is 22.4 Å². The van der Waals surface area contributed by atoms with Gasteiger partial charge in [-0.2, -0.15) is 13.2 Å². The molecule has 0 bridgehead atoms. The second-order valence-corrected chi connectivity index (χ2v) is 10.0. The van der Waals surface area contributed by atoms with Gasteiger partial charge in [0.1, 0.15) is 18.2 Å². The molecular weight excluding hydrogens is 488 g/mol. The smallest absolute Gasteiger partial charge is 0.416 e. The molecule has 1 heterocycles. The lowest BCUT2D eigenvalue weighted by molar-refractivity contribution is -0.139. The van der Waals surface area contributed by atoms with Crippen LogP contribution in [0.15, 0.2) is 36.4 Å². The lowest BCUT2D eigenvalue weighted by atomic mass is 10.1. The van der Waals surface area contributed by atoms with E-state index >= 15 is 0 Å². The molecule has 0 saturated heterocycles. The zero-order valence-corrected chi connectivity index (χ0v) is 21.9. The van der Waals surface area contributed by atoms with E-state index in [1.54, 1.807) is 0 Å². The Balaban J connectivity index is 1.76. The van der Waals surface area contributed by atoms with E-state index in [-0.39, 0.29) is 31.1 Å². The SMILES string of the molecule is CC(C)CN1CCOc2c(cccc2NCC(=O)N(CCN(C)C)Cc2ccc(F)cc2C(F)(F)F)C1. The summed E-state index contributed by atoms with van der Waals surface area (Å²) in [6, 6.07) is 8.27. The summed E-state index contributed by atoms with van der Waals surface area (Å²) in [6.45, 7) is 7.61. The molecule has 1 aliphatic heterocycles. The third-order valence-electron chi connectivity index (χ3n) is 6.11. The van der Waals surface area contributed by atoms with Crippen molar-refractivity contribution in [2.24, 2.45) is 5.92 Å². The van der Waals surface area contributed by atoms with Crippen molar-refractivity contribution in [1.29, 1.82) is 0 Å². The van der Waals surface area contributed by atoms with Gasteiger partial charge in [0, 0.05) is 44.8 Å². The first-order chi connectivity index (χ1) is 17.4. The predicted octanol–water partition coefficient (Wildman–Crippen LogP) is 4.70. The lowest BCUT2D eigenvalue weighted by Gasteiger charge is -2.26. The summed E-state index contributed by atoms with van der Waals surface area (Å²) < 4.78 is 60.2. The third-order valence-corrected chi connectivity index (χ3v) is 6.11. The summed E-state index contributed by atoms with van der Waals surface area (Å²) in [6.07, 6.45) is -4.73. The molecule has 0 saturated carbocycles. The van der Waals surface area contributed by atoms with Crippen LogP contribution >= 0.6 is 0 Å². The Morgan fingerprint density at radius 1 is 1.16 bits per heavy atom. The maximum Gasteiger partial charge on any atom is 0.416 e. The number of para-hydroxylation sites is 1. The van der Waals surface area contributed by atoms with E-state index in [1.165, 1.54) is 4.90 Å². The number of alkyl halides is 3. The second-order valence-electron chi connectivity index (χ2n) is 10.0. The van der Waals surface area contributed by atoms with Crippen LogP contribution in [-0.2, 0) is 24.1 Å². The van der Waals surface area contributed by atoms with Crippen molar-refractivity contribution in [1.82, 2.24) is 14.7 Å².